The summed E-state index contributed by atoms with van der Waals surface area (Å²) in [6.45, 7) is 1.55. The van der Waals surface area contributed by atoms with Gasteiger partial charge in [0.2, 0.25) is 5.91 Å². The topological polar surface area (TPSA) is 126 Å². The molecule has 21 heavy (non-hydrogen) atoms. The van der Waals surface area contributed by atoms with Crippen molar-refractivity contribution in [1.82, 2.24) is 5.32 Å². The van der Waals surface area contributed by atoms with Crippen LogP contribution in [-0.2, 0) is 10.5 Å². The molecule has 1 heterocycles. The summed E-state index contributed by atoms with van der Waals surface area (Å²) < 4.78 is 0. The Balaban J connectivity index is 2.32. The molecule has 2 fully saturated rings. The van der Waals surface area contributed by atoms with Gasteiger partial charge in [0, 0.05) is 0 Å². The minimum atomic E-state index is -1.75. The average molecular weight is 277 g/mol. The third kappa shape index (κ3) is 0.923. The third-order valence-electron chi connectivity index (χ3n) is 5.17. The molecule has 1 saturated carbocycles. The molecule has 1 aromatic carbocycles. The highest BCUT2D eigenvalue weighted by atomic mass is 16.2. The summed E-state index contributed by atoms with van der Waals surface area (Å²) in [5.41, 5.74) is 0.709. The van der Waals surface area contributed by atoms with Gasteiger partial charge in [-0.2, -0.15) is 15.8 Å². The van der Waals surface area contributed by atoms with Crippen molar-refractivity contribution in [3.8, 4) is 18.2 Å². The Bertz CT molecular complexity index is 769. The smallest absolute Gasteiger partial charge is 0.245 e. The molecule has 0 radical (unpaired) electrons. The average Bonchev–Trinajstić information content (AvgIpc) is 2.96. The van der Waals surface area contributed by atoms with Gasteiger partial charge in [0.05, 0.1) is 23.6 Å². The van der Waals surface area contributed by atoms with Crippen LogP contribution < -0.4 is 11.1 Å². The number of amides is 1. The zero-order valence-corrected chi connectivity index (χ0v) is 11.2. The van der Waals surface area contributed by atoms with Crippen LogP contribution in [0.25, 0.3) is 0 Å². The molecule has 0 bridgehead atoms. The number of fused-ring (bicyclic) bond motifs is 1. The van der Waals surface area contributed by atoms with Crippen molar-refractivity contribution in [3.63, 3.8) is 0 Å². The van der Waals surface area contributed by atoms with Crippen molar-refractivity contribution in [2.75, 3.05) is 0 Å². The molecule has 1 aliphatic heterocycles. The summed E-state index contributed by atoms with van der Waals surface area (Å²) in [6.07, 6.45) is 0. The van der Waals surface area contributed by atoms with Crippen molar-refractivity contribution < 1.29 is 4.79 Å². The van der Waals surface area contributed by atoms with Gasteiger partial charge in [-0.1, -0.05) is 37.3 Å². The Morgan fingerprint density at radius 3 is 2.10 bits per heavy atom. The summed E-state index contributed by atoms with van der Waals surface area (Å²) in [6, 6.07) is 14.3. The fourth-order valence-electron chi connectivity index (χ4n) is 3.83. The van der Waals surface area contributed by atoms with Crippen molar-refractivity contribution in [1.29, 1.82) is 15.8 Å². The van der Waals surface area contributed by atoms with Crippen LogP contribution in [0.3, 0.4) is 0 Å². The van der Waals surface area contributed by atoms with Crippen molar-refractivity contribution in [2.45, 2.75) is 12.6 Å². The molecule has 1 amide bonds. The van der Waals surface area contributed by atoms with E-state index in [4.69, 9.17) is 5.73 Å². The van der Waals surface area contributed by atoms with Crippen LogP contribution in [0.5, 0.6) is 0 Å². The zero-order chi connectivity index (χ0) is 15.5. The molecule has 1 saturated heterocycles. The van der Waals surface area contributed by atoms with E-state index in [-0.39, 0.29) is 0 Å². The van der Waals surface area contributed by atoms with E-state index in [9.17, 15) is 20.6 Å². The van der Waals surface area contributed by atoms with Gasteiger partial charge in [-0.3, -0.25) is 4.79 Å². The van der Waals surface area contributed by atoms with Gasteiger partial charge in [0.15, 0.2) is 10.8 Å². The molecule has 1 aliphatic carbocycles. The minimum absolute atomic E-state index is 0.561. The fraction of sp³-hybridized carbons (Fsp3) is 0.333. The van der Waals surface area contributed by atoms with E-state index >= 15 is 0 Å². The number of carbonyl (C=O) groups excluding carboxylic acids is 1. The second kappa shape index (κ2) is 3.41. The SMILES string of the molecule is CC12C(N)(c3ccccc3)NC(=O)C1(C#N)C2(C#N)C#N. The van der Waals surface area contributed by atoms with E-state index in [0.29, 0.717) is 5.56 Å². The lowest BCUT2D eigenvalue weighted by Crippen LogP contribution is -2.56. The number of nitrogens with zero attached hydrogens (tertiary/aromatic N) is 3. The molecular weight excluding hydrogens is 266 g/mol. The predicted octanol–water partition coefficient (Wildman–Crippen LogP) is 0.491. The number of nitrogens with two attached hydrogens (primary N) is 1. The van der Waals surface area contributed by atoms with Crippen LogP contribution in [-0.4, -0.2) is 5.91 Å². The van der Waals surface area contributed by atoms with Crippen LogP contribution >= 0.6 is 0 Å². The first-order chi connectivity index (χ1) is 9.91. The highest BCUT2D eigenvalue weighted by molar-refractivity contribution is 5.99. The molecule has 3 unspecified atom stereocenters. The summed E-state index contributed by atoms with van der Waals surface area (Å²) in [5.74, 6) is -0.665. The van der Waals surface area contributed by atoms with Gasteiger partial charge in [-0.05, 0) is 5.56 Å². The van der Waals surface area contributed by atoms with Crippen LogP contribution in [0.1, 0.15) is 12.5 Å². The Labute approximate surface area is 121 Å². The molecule has 6 heteroatoms. The number of carbonyl (C=O) groups is 1. The van der Waals surface area contributed by atoms with Gasteiger partial charge < -0.3 is 11.1 Å². The first kappa shape index (κ1) is 13.1. The van der Waals surface area contributed by atoms with Gasteiger partial charge in [-0.15, -0.1) is 0 Å². The lowest BCUT2D eigenvalue weighted by Gasteiger charge is -2.34. The van der Waals surface area contributed by atoms with Gasteiger partial charge in [0.25, 0.3) is 0 Å². The van der Waals surface area contributed by atoms with E-state index in [0.717, 1.165) is 0 Å². The largest absolute Gasteiger partial charge is 0.332 e. The maximum absolute atomic E-state index is 12.4. The first-order valence-electron chi connectivity index (χ1n) is 6.32. The predicted molar refractivity (Wildman–Crippen MR) is 70.3 cm³/mol. The van der Waals surface area contributed by atoms with Crippen LogP contribution in [0, 0.1) is 50.2 Å². The summed E-state index contributed by atoms with van der Waals surface area (Å²) >= 11 is 0. The lowest BCUT2D eigenvalue weighted by atomic mass is 9.79. The van der Waals surface area contributed by atoms with Crippen LogP contribution in [0.2, 0.25) is 0 Å². The summed E-state index contributed by atoms with van der Waals surface area (Å²) in [5, 5.41) is 31.1. The molecule has 0 spiro atoms. The molecule has 3 N–H and O–H groups in total. The Morgan fingerprint density at radius 1 is 1.10 bits per heavy atom. The summed E-state index contributed by atoms with van der Waals surface area (Å²) in [4.78, 5) is 12.4. The van der Waals surface area contributed by atoms with E-state index in [2.05, 4.69) is 5.32 Å². The zero-order valence-electron chi connectivity index (χ0n) is 11.2. The number of hydrogen-bond donors (Lipinski definition) is 2. The highest BCUT2D eigenvalue weighted by Gasteiger charge is 3.00. The Kier molecular flexibility index (Phi) is 2.13. The molecule has 3 atom stereocenters. The van der Waals surface area contributed by atoms with E-state index in [1.807, 2.05) is 18.2 Å². The van der Waals surface area contributed by atoms with Crippen molar-refractivity contribution in [2.24, 2.45) is 22.0 Å². The molecule has 3 rings (SSSR count). The molecule has 6 nitrogen and oxygen atoms in total. The van der Waals surface area contributed by atoms with Crippen LogP contribution in [0.15, 0.2) is 30.3 Å². The first-order valence-corrected chi connectivity index (χ1v) is 6.32. The monoisotopic (exact) mass is 277 g/mol. The number of hydrogen-bond acceptors (Lipinski definition) is 5. The quantitative estimate of drug-likeness (QED) is 0.772. The van der Waals surface area contributed by atoms with E-state index < -0.39 is 27.8 Å². The Morgan fingerprint density at radius 2 is 1.67 bits per heavy atom. The lowest BCUT2D eigenvalue weighted by molar-refractivity contribution is -0.124. The third-order valence-corrected chi connectivity index (χ3v) is 5.17. The fourth-order valence-corrected chi connectivity index (χ4v) is 3.83. The van der Waals surface area contributed by atoms with Gasteiger partial charge >= 0.3 is 0 Å². The second-order valence-corrected chi connectivity index (χ2v) is 5.59. The van der Waals surface area contributed by atoms with Crippen molar-refractivity contribution >= 4 is 5.91 Å². The minimum Gasteiger partial charge on any atom is -0.332 e. The van der Waals surface area contributed by atoms with E-state index in [1.165, 1.54) is 0 Å². The number of benzene rings is 1. The molecule has 0 aromatic heterocycles. The standard InChI is InChI=1S/C15H11N5O/c1-12-13(7-16,8-17)14(12,9-18)11(21)20-15(12,19)10-5-3-2-4-6-10/h2-6H,19H2,1H3,(H,20,21). The number of rotatable bonds is 1. The number of piperidine rings is 1. The molecule has 2 aliphatic rings. The number of nitrogens with one attached hydrogen (secondary N) is 1. The van der Waals surface area contributed by atoms with Gasteiger partial charge in [-0.25, -0.2) is 0 Å². The molecular formula is C15H11N5O. The second-order valence-electron chi connectivity index (χ2n) is 5.59. The van der Waals surface area contributed by atoms with E-state index in [1.54, 1.807) is 37.3 Å². The molecule has 102 valence electrons. The molecule has 1 aromatic rings. The highest BCUT2D eigenvalue weighted by Crippen LogP contribution is 2.84. The summed E-state index contributed by atoms with van der Waals surface area (Å²) in [7, 11) is 0. The van der Waals surface area contributed by atoms with Crippen molar-refractivity contribution in [3.05, 3.63) is 35.9 Å². The maximum atomic E-state index is 12.4. The Hall–Kier alpha value is -2.88. The maximum Gasteiger partial charge on any atom is 0.245 e. The normalized spacial score (nSPS) is 38.3. The van der Waals surface area contributed by atoms with Gasteiger partial charge in [0.1, 0.15) is 5.66 Å². The van der Waals surface area contributed by atoms with Crippen LogP contribution in [0.4, 0.5) is 0 Å². The number of nitriles is 3.